The Balaban J connectivity index is 1.41. The van der Waals surface area contributed by atoms with Crippen molar-refractivity contribution in [3.05, 3.63) is 59.7 Å². The van der Waals surface area contributed by atoms with Gasteiger partial charge in [0.05, 0.1) is 0 Å². The Morgan fingerprint density at radius 3 is 2.35 bits per heavy atom. The predicted octanol–water partition coefficient (Wildman–Crippen LogP) is 2.53. The zero-order valence-corrected chi connectivity index (χ0v) is 17.5. The number of anilines is 2. The lowest BCUT2D eigenvalue weighted by Gasteiger charge is -2.22. The van der Waals surface area contributed by atoms with Crippen molar-refractivity contribution in [1.82, 2.24) is 10.2 Å². The number of hydrogen-bond donors (Lipinski definition) is 2. The molecule has 5 amide bonds. The van der Waals surface area contributed by atoms with Gasteiger partial charge in [-0.1, -0.05) is 29.8 Å². The van der Waals surface area contributed by atoms with Crippen molar-refractivity contribution in [1.29, 1.82) is 0 Å². The van der Waals surface area contributed by atoms with Gasteiger partial charge in [0.2, 0.25) is 11.8 Å². The van der Waals surface area contributed by atoms with Crippen LogP contribution in [0.4, 0.5) is 16.2 Å². The summed E-state index contributed by atoms with van der Waals surface area (Å²) in [7, 11) is 0. The van der Waals surface area contributed by atoms with Gasteiger partial charge in [0.25, 0.3) is 5.91 Å². The van der Waals surface area contributed by atoms with Crippen LogP contribution in [0, 0.1) is 6.92 Å². The van der Waals surface area contributed by atoms with Gasteiger partial charge in [-0.3, -0.25) is 19.3 Å². The summed E-state index contributed by atoms with van der Waals surface area (Å²) in [4.78, 5) is 52.4. The lowest BCUT2D eigenvalue weighted by Crippen LogP contribution is -2.42. The third-order valence-electron chi connectivity index (χ3n) is 5.74. The third kappa shape index (κ3) is 3.88. The van der Waals surface area contributed by atoms with E-state index in [0.717, 1.165) is 22.6 Å². The lowest BCUT2D eigenvalue weighted by molar-refractivity contribution is -0.133. The number of benzene rings is 2. The van der Waals surface area contributed by atoms with Gasteiger partial charge in [0, 0.05) is 24.3 Å². The number of nitrogens with one attached hydrogen (secondary N) is 2. The first-order valence-corrected chi connectivity index (χ1v) is 10.2. The van der Waals surface area contributed by atoms with Gasteiger partial charge >= 0.3 is 6.03 Å². The zero-order chi connectivity index (χ0) is 22.2. The number of carbonyl (C=O) groups excluding carboxylic acids is 4. The Hall–Kier alpha value is -3.68. The molecule has 1 atom stereocenters. The molecule has 2 saturated heterocycles. The number of imide groups is 1. The van der Waals surface area contributed by atoms with E-state index >= 15 is 0 Å². The molecule has 2 aliphatic rings. The van der Waals surface area contributed by atoms with E-state index in [1.807, 2.05) is 19.1 Å². The molecule has 31 heavy (non-hydrogen) atoms. The molecule has 0 unspecified atom stereocenters. The molecule has 2 heterocycles. The summed E-state index contributed by atoms with van der Waals surface area (Å²) in [5, 5.41) is 5.40. The van der Waals surface area contributed by atoms with Crippen LogP contribution in [0.5, 0.6) is 0 Å². The van der Waals surface area contributed by atoms with Gasteiger partial charge in [-0.15, -0.1) is 0 Å². The molecule has 4 rings (SSSR count). The third-order valence-corrected chi connectivity index (χ3v) is 5.74. The molecule has 0 saturated carbocycles. The maximum atomic E-state index is 13.0. The highest BCUT2D eigenvalue weighted by molar-refractivity contribution is 6.10. The Bertz CT molecular complexity index is 1050. The first-order valence-electron chi connectivity index (χ1n) is 10.2. The smallest absolute Gasteiger partial charge is 0.325 e. The van der Waals surface area contributed by atoms with Crippen molar-refractivity contribution in [3.63, 3.8) is 0 Å². The van der Waals surface area contributed by atoms with E-state index in [0.29, 0.717) is 24.2 Å². The molecule has 2 aliphatic heterocycles. The van der Waals surface area contributed by atoms with Crippen LogP contribution in [0.3, 0.4) is 0 Å². The van der Waals surface area contributed by atoms with Gasteiger partial charge in [-0.25, -0.2) is 4.79 Å². The number of aryl methyl sites for hydroxylation is 1. The number of carbonyl (C=O) groups is 4. The summed E-state index contributed by atoms with van der Waals surface area (Å²) in [6.07, 6.45) is 1.39. The second-order valence-corrected chi connectivity index (χ2v) is 8.06. The van der Waals surface area contributed by atoms with Crippen LogP contribution in [0.25, 0.3) is 0 Å². The quantitative estimate of drug-likeness (QED) is 0.726. The van der Waals surface area contributed by atoms with Crippen LogP contribution in [-0.4, -0.2) is 41.7 Å². The molecule has 0 spiro atoms. The largest absolute Gasteiger partial charge is 0.325 e. The maximum absolute atomic E-state index is 13.0. The molecule has 8 nitrogen and oxygen atoms in total. The van der Waals surface area contributed by atoms with Gasteiger partial charge in [-0.2, -0.15) is 0 Å². The second kappa shape index (κ2) is 7.86. The topological polar surface area (TPSA) is 98.8 Å². The van der Waals surface area contributed by atoms with E-state index in [9.17, 15) is 19.2 Å². The molecular formula is C23H24N4O4. The molecule has 2 aromatic rings. The molecular weight excluding hydrogens is 396 g/mol. The van der Waals surface area contributed by atoms with Gasteiger partial charge in [0.15, 0.2) is 0 Å². The van der Waals surface area contributed by atoms with E-state index in [1.165, 1.54) is 0 Å². The molecule has 0 radical (unpaired) electrons. The highest BCUT2D eigenvalue weighted by Crippen LogP contribution is 2.29. The average Bonchev–Trinajstić information content (AvgIpc) is 3.26. The fraction of sp³-hybridized carbons (Fsp3) is 0.304. The summed E-state index contributed by atoms with van der Waals surface area (Å²) in [6.45, 7) is 3.87. The predicted molar refractivity (Wildman–Crippen MR) is 115 cm³/mol. The van der Waals surface area contributed by atoms with E-state index in [1.54, 1.807) is 48.2 Å². The summed E-state index contributed by atoms with van der Waals surface area (Å²) in [5.41, 5.74) is 1.79. The number of amides is 5. The number of urea groups is 1. The monoisotopic (exact) mass is 420 g/mol. The Morgan fingerprint density at radius 2 is 1.74 bits per heavy atom. The molecule has 0 aromatic heterocycles. The van der Waals surface area contributed by atoms with E-state index in [4.69, 9.17) is 0 Å². The van der Waals surface area contributed by atoms with Crippen molar-refractivity contribution in [3.8, 4) is 0 Å². The summed E-state index contributed by atoms with van der Waals surface area (Å²) in [5.74, 6) is -0.868. The zero-order valence-electron chi connectivity index (χ0n) is 17.5. The maximum Gasteiger partial charge on any atom is 0.325 e. The van der Waals surface area contributed by atoms with Crippen LogP contribution < -0.4 is 15.5 Å². The standard InChI is InChI=1S/C23H24N4O4/c1-15-5-7-16(8-6-15)23(2)21(30)27(22(31)25-23)14-19(28)24-17-9-11-18(12-10-17)26-13-3-4-20(26)29/h5-12H,3-4,13-14H2,1-2H3,(H,24,28)(H,25,31)/t23-/m1/s1. The molecule has 0 aliphatic carbocycles. The number of nitrogens with zero attached hydrogens (tertiary/aromatic N) is 2. The van der Waals surface area contributed by atoms with Crippen molar-refractivity contribution in [2.45, 2.75) is 32.2 Å². The van der Waals surface area contributed by atoms with Crippen molar-refractivity contribution < 1.29 is 19.2 Å². The van der Waals surface area contributed by atoms with Crippen molar-refractivity contribution >= 4 is 35.1 Å². The van der Waals surface area contributed by atoms with E-state index in [-0.39, 0.29) is 5.91 Å². The Morgan fingerprint density at radius 1 is 1.06 bits per heavy atom. The van der Waals surface area contributed by atoms with Crippen LogP contribution in [0.2, 0.25) is 0 Å². The van der Waals surface area contributed by atoms with Gasteiger partial charge in [-0.05, 0) is 50.1 Å². The summed E-state index contributed by atoms with van der Waals surface area (Å²) >= 11 is 0. The van der Waals surface area contributed by atoms with Crippen LogP contribution in [-0.2, 0) is 19.9 Å². The molecule has 2 aromatic carbocycles. The SMILES string of the molecule is Cc1ccc([C@@]2(C)NC(=O)N(CC(=O)Nc3ccc(N4CCCC4=O)cc3)C2=O)cc1. The first kappa shape index (κ1) is 20.6. The minimum atomic E-state index is -1.21. The molecule has 2 N–H and O–H groups in total. The Labute approximate surface area is 180 Å². The van der Waals surface area contributed by atoms with Crippen LogP contribution in [0.15, 0.2) is 48.5 Å². The number of rotatable bonds is 5. The average molecular weight is 420 g/mol. The van der Waals surface area contributed by atoms with Crippen molar-refractivity contribution in [2.24, 2.45) is 0 Å². The molecule has 8 heteroatoms. The van der Waals surface area contributed by atoms with Crippen molar-refractivity contribution in [2.75, 3.05) is 23.3 Å². The van der Waals surface area contributed by atoms with Gasteiger partial charge in [0.1, 0.15) is 12.1 Å². The molecule has 0 bridgehead atoms. The van der Waals surface area contributed by atoms with Crippen LogP contribution >= 0.6 is 0 Å². The van der Waals surface area contributed by atoms with E-state index < -0.39 is 29.9 Å². The highest BCUT2D eigenvalue weighted by Gasteiger charge is 2.49. The second-order valence-electron chi connectivity index (χ2n) is 8.06. The minimum Gasteiger partial charge on any atom is -0.325 e. The summed E-state index contributed by atoms with van der Waals surface area (Å²) in [6, 6.07) is 13.6. The fourth-order valence-electron chi connectivity index (χ4n) is 3.91. The highest BCUT2D eigenvalue weighted by atomic mass is 16.2. The van der Waals surface area contributed by atoms with E-state index in [2.05, 4.69) is 10.6 Å². The first-order chi connectivity index (χ1) is 14.8. The summed E-state index contributed by atoms with van der Waals surface area (Å²) < 4.78 is 0. The molecule has 160 valence electrons. The Kier molecular flexibility index (Phi) is 5.22. The normalized spacial score (nSPS) is 20.9. The molecule has 2 fully saturated rings. The van der Waals surface area contributed by atoms with Gasteiger partial charge < -0.3 is 15.5 Å². The fourth-order valence-corrected chi connectivity index (χ4v) is 3.91. The minimum absolute atomic E-state index is 0.0898. The number of hydrogen-bond acceptors (Lipinski definition) is 4. The lowest BCUT2D eigenvalue weighted by atomic mass is 9.91. The van der Waals surface area contributed by atoms with Crippen LogP contribution in [0.1, 0.15) is 30.9 Å².